The van der Waals surface area contributed by atoms with Gasteiger partial charge >= 0.3 is 6.09 Å². The van der Waals surface area contributed by atoms with Gasteiger partial charge in [0.2, 0.25) is 0 Å². The van der Waals surface area contributed by atoms with E-state index in [0.29, 0.717) is 22.6 Å². The van der Waals surface area contributed by atoms with E-state index in [-0.39, 0.29) is 19.0 Å². The largest absolute Gasteiger partial charge is 0.495 e. The van der Waals surface area contributed by atoms with Gasteiger partial charge in [0.15, 0.2) is 11.4 Å². The van der Waals surface area contributed by atoms with Crippen LogP contribution in [0, 0.1) is 0 Å². The number of nitrogen functional groups attached to an aromatic ring is 1. The summed E-state index contributed by atoms with van der Waals surface area (Å²) in [5.74, 6) is 0.709. The van der Waals surface area contributed by atoms with Gasteiger partial charge < -0.3 is 25.1 Å². The number of carbonyl (C=O) groups excluding carboxylic acids is 1. The maximum atomic E-state index is 12.2. The fraction of sp³-hybridized carbons (Fsp3) is 0.381. The molecule has 3 aromatic rings. The number of benzene rings is 1. The molecule has 31 heavy (non-hydrogen) atoms. The minimum atomic E-state index is -1.15. The normalized spacial score (nSPS) is 15.4. The van der Waals surface area contributed by atoms with Gasteiger partial charge in [-0.1, -0.05) is 6.07 Å². The van der Waals surface area contributed by atoms with Crippen LogP contribution in [0.3, 0.4) is 0 Å². The van der Waals surface area contributed by atoms with Crippen LogP contribution in [0.15, 0.2) is 30.6 Å². The average molecular weight is 427 g/mol. The Morgan fingerprint density at radius 2 is 2.06 bits per heavy atom. The molecule has 1 saturated heterocycles. The Morgan fingerprint density at radius 3 is 2.68 bits per heavy atom. The molecule has 0 spiro atoms. The summed E-state index contributed by atoms with van der Waals surface area (Å²) in [4.78, 5) is 16.3. The number of carbonyl (C=O) groups is 1. The van der Waals surface area contributed by atoms with Gasteiger partial charge in [-0.2, -0.15) is 5.10 Å². The van der Waals surface area contributed by atoms with E-state index in [0.717, 1.165) is 11.1 Å². The zero-order chi connectivity index (χ0) is 22.4. The minimum absolute atomic E-state index is 0.171. The molecule has 1 aliphatic rings. The highest BCUT2D eigenvalue weighted by molar-refractivity contribution is 5.92. The van der Waals surface area contributed by atoms with Gasteiger partial charge in [-0.15, -0.1) is 0 Å². The smallest absolute Gasteiger partial charge is 0.412 e. The molecule has 0 saturated carbocycles. The Hall–Kier alpha value is -3.37. The van der Waals surface area contributed by atoms with Crippen LogP contribution in [0.2, 0.25) is 0 Å². The summed E-state index contributed by atoms with van der Waals surface area (Å²) in [5.41, 5.74) is 7.43. The molecule has 3 heterocycles. The lowest BCUT2D eigenvalue weighted by Crippen LogP contribution is -2.47. The summed E-state index contributed by atoms with van der Waals surface area (Å²) in [5, 5.41) is 17.8. The molecule has 0 bridgehead atoms. The highest BCUT2D eigenvalue weighted by Gasteiger charge is 2.41. The lowest BCUT2D eigenvalue weighted by Gasteiger charge is -2.35. The van der Waals surface area contributed by atoms with Crippen molar-refractivity contribution in [3.63, 3.8) is 0 Å². The molecule has 4 N–H and O–H groups in total. The van der Waals surface area contributed by atoms with Gasteiger partial charge in [0, 0.05) is 5.56 Å². The van der Waals surface area contributed by atoms with Gasteiger partial charge in [0.25, 0.3) is 0 Å². The maximum absolute atomic E-state index is 12.2. The summed E-state index contributed by atoms with van der Waals surface area (Å²) in [6.45, 7) is 5.71. The number of aliphatic hydroxyl groups is 1. The van der Waals surface area contributed by atoms with Gasteiger partial charge in [0.05, 0.1) is 31.7 Å². The first-order valence-corrected chi connectivity index (χ1v) is 9.72. The number of hydrogen-bond acceptors (Lipinski definition) is 8. The van der Waals surface area contributed by atoms with Crippen molar-refractivity contribution in [2.75, 3.05) is 31.4 Å². The topological polar surface area (TPSA) is 133 Å². The van der Waals surface area contributed by atoms with Crippen LogP contribution in [0.4, 0.5) is 16.3 Å². The van der Waals surface area contributed by atoms with Crippen molar-refractivity contribution in [1.82, 2.24) is 14.6 Å². The second kappa shape index (κ2) is 7.40. The number of nitrogens with two attached hydrogens (primary N) is 1. The van der Waals surface area contributed by atoms with E-state index in [2.05, 4.69) is 15.4 Å². The zero-order valence-electron chi connectivity index (χ0n) is 17.8. The first-order valence-electron chi connectivity index (χ1n) is 9.72. The summed E-state index contributed by atoms with van der Waals surface area (Å²) in [6.07, 6.45) is 0.757. The molecule has 1 fully saturated rings. The predicted molar refractivity (Wildman–Crippen MR) is 114 cm³/mol. The van der Waals surface area contributed by atoms with Gasteiger partial charge in [-0.25, -0.2) is 14.3 Å². The molecule has 1 aromatic carbocycles. The van der Waals surface area contributed by atoms with E-state index < -0.39 is 17.3 Å². The van der Waals surface area contributed by atoms with Crippen molar-refractivity contribution < 1.29 is 24.1 Å². The molecule has 0 aliphatic carbocycles. The van der Waals surface area contributed by atoms with Crippen LogP contribution >= 0.6 is 0 Å². The van der Waals surface area contributed by atoms with Gasteiger partial charge in [-0.05, 0) is 44.5 Å². The number of nitrogens with one attached hydrogen (secondary N) is 1. The third kappa shape index (κ3) is 3.87. The zero-order valence-corrected chi connectivity index (χ0v) is 17.8. The van der Waals surface area contributed by atoms with Crippen LogP contribution in [-0.2, 0) is 15.1 Å². The molecule has 1 aliphatic heterocycles. The van der Waals surface area contributed by atoms with Crippen molar-refractivity contribution in [2.24, 2.45) is 0 Å². The van der Waals surface area contributed by atoms with Crippen LogP contribution in [-0.4, -0.2) is 51.7 Å². The van der Waals surface area contributed by atoms with Crippen molar-refractivity contribution in [3.8, 4) is 16.9 Å². The number of hydrogen-bond donors (Lipinski definition) is 3. The Bertz CT molecular complexity index is 1150. The van der Waals surface area contributed by atoms with E-state index in [9.17, 15) is 9.90 Å². The quantitative estimate of drug-likeness (QED) is 0.578. The molecule has 0 unspecified atom stereocenters. The van der Waals surface area contributed by atoms with Gasteiger partial charge in [0.1, 0.15) is 23.2 Å². The Labute approximate surface area is 178 Å². The highest BCUT2D eigenvalue weighted by Crippen LogP contribution is 2.39. The average Bonchev–Trinajstić information content (AvgIpc) is 3.06. The second-order valence-corrected chi connectivity index (χ2v) is 8.42. The lowest BCUT2D eigenvalue weighted by atomic mass is 9.97. The van der Waals surface area contributed by atoms with Crippen molar-refractivity contribution >= 4 is 23.1 Å². The fourth-order valence-electron chi connectivity index (χ4n) is 3.44. The molecule has 1 amide bonds. The number of rotatable bonds is 4. The SMILES string of the molecule is COc1cc(-c2cc(C3(O)COC3)n3ncnc(N)c23)ccc1NC(=O)OC(C)(C)C. The van der Waals surface area contributed by atoms with Crippen LogP contribution < -0.4 is 15.8 Å². The van der Waals surface area contributed by atoms with E-state index >= 15 is 0 Å². The summed E-state index contributed by atoms with van der Waals surface area (Å²) in [7, 11) is 1.51. The number of amides is 1. The number of fused-ring (bicyclic) bond motifs is 1. The van der Waals surface area contributed by atoms with Crippen LogP contribution in [0.1, 0.15) is 26.5 Å². The highest BCUT2D eigenvalue weighted by atomic mass is 16.6. The van der Waals surface area contributed by atoms with E-state index in [1.807, 2.05) is 12.1 Å². The summed E-state index contributed by atoms with van der Waals surface area (Å²) < 4.78 is 17.6. The van der Waals surface area contributed by atoms with Crippen molar-refractivity contribution in [3.05, 3.63) is 36.3 Å². The predicted octanol–water partition coefficient (Wildman–Crippen LogP) is 2.55. The Morgan fingerprint density at radius 1 is 1.32 bits per heavy atom. The molecule has 4 rings (SSSR count). The van der Waals surface area contributed by atoms with Gasteiger partial charge in [-0.3, -0.25) is 5.32 Å². The minimum Gasteiger partial charge on any atom is -0.495 e. The maximum Gasteiger partial charge on any atom is 0.412 e. The third-order valence-corrected chi connectivity index (χ3v) is 4.89. The molecule has 0 atom stereocenters. The molecule has 0 radical (unpaired) electrons. The van der Waals surface area contributed by atoms with Crippen LogP contribution in [0.5, 0.6) is 5.75 Å². The standard InChI is InChI=1S/C21H25N5O5/c1-20(2,3)31-19(27)25-14-6-5-12(7-15(14)29-4)13-8-16(21(28)9-30-10-21)26-17(13)18(22)23-11-24-26/h5-8,11,28H,9-10H2,1-4H3,(H,25,27)(H2,22,23,24). The summed E-state index contributed by atoms with van der Waals surface area (Å²) >= 11 is 0. The number of ether oxygens (including phenoxy) is 3. The number of aromatic nitrogens is 3. The Balaban J connectivity index is 1.76. The fourth-order valence-corrected chi connectivity index (χ4v) is 3.44. The summed E-state index contributed by atoms with van der Waals surface area (Å²) in [6, 6.07) is 7.10. The molecule has 2 aromatic heterocycles. The first kappa shape index (κ1) is 20.9. The van der Waals surface area contributed by atoms with Crippen molar-refractivity contribution in [1.29, 1.82) is 0 Å². The van der Waals surface area contributed by atoms with E-state index in [1.54, 1.807) is 37.4 Å². The third-order valence-electron chi connectivity index (χ3n) is 4.89. The number of nitrogens with zero attached hydrogens (tertiary/aromatic N) is 3. The second-order valence-electron chi connectivity index (χ2n) is 8.42. The molecule has 164 valence electrons. The molecular formula is C21H25N5O5. The Kier molecular flexibility index (Phi) is 4.98. The van der Waals surface area contributed by atoms with E-state index in [1.165, 1.54) is 13.4 Å². The lowest BCUT2D eigenvalue weighted by molar-refractivity contribution is -0.187. The number of anilines is 2. The van der Waals surface area contributed by atoms with Crippen molar-refractivity contribution in [2.45, 2.75) is 32.0 Å². The number of methoxy groups -OCH3 is 1. The molecule has 10 heteroatoms. The molecular weight excluding hydrogens is 402 g/mol. The molecule has 10 nitrogen and oxygen atoms in total. The monoisotopic (exact) mass is 427 g/mol. The first-order chi connectivity index (χ1) is 14.6. The van der Waals surface area contributed by atoms with E-state index in [4.69, 9.17) is 19.9 Å². The van der Waals surface area contributed by atoms with Crippen LogP contribution in [0.25, 0.3) is 16.6 Å².